The second kappa shape index (κ2) is 4.92. The number of para-hydroxylation sites is 1. The lowest BCUT2D eigenvalue weighted by atomic mass is 9.90. The largest absolute Gasteiger partial charge is 0.398 e. The zero-order chi connectivity index (χ0) is 13.1. The van der Waals surface area contributed by atoms with Crippen LogP contribution in [0, 0.1) is 0 Å². The first kappa shape index (κ1) is 12.2. The third kappa shape index (κ3) is 2.20. The van der Waals surface area contributed by atoms with Gasteiger partial charge < -0.3 is 11.5 Å². The van der Waals surface area contributed by atoms with E-state index in [4.69, 9.17) is 11.5 Å². The number of nitrogen functional groups attached to an aromatic ring is 1. The highest BCUT2D eigenvalue weighted by atomic mass is 16.1. The average molecular weight is 240 g/mol. The number of anilines is 1. The van der Waals surface area contributed by atoms with Crippen LogP contribution in [0.2, 0.25) is 0 Å². The highest BCUT2D eigenvalue weighted by Gasteiger charge is 2.15. The maximum absolute atomic E-state index is 11.3. The smallest absolute Gasteiger partial charge is 0.250 e. The van der Waals surface area contributed by atoms with Crippen molar-refractivity contribution in [2.45, 2.75) is 12.8 Å². The molecule has 3 nitrogen and oxygen atoms in total. The fourth-order valence-electron chi connectivity index (χ4n) is 2.10. The van der Waals surface area contributed by atoms with Crippen molar-refractivity contribution in [3.05, 3.63) is 65.2 Å². The van der Waals surface area contributed by atoms with E-state index in [9.17, 15) is 4.79 Å². The Morgan fingerprint density at radius 1 is 1.06 bits per heavy atom. The minimum Gasteiger partial charge on any atom is -0.398 e. The van der Waals surface area contributed by atoms with Crippen LogP contribution in [0.5, 0.6) is 0 Å². The molecule has 0 saturated heterocycles. The minimum absolute atomic E-state index is 0.130. The highest BCUT2D eigenvalue weighted by Crippen LogP contribution is 2.30. The van der Waals surface area contributed by atoms with Crippen molar-refractivity contribution in [1.82, 2.24) is 0 Å². The molecule has 2 rings (SSSR count). The maximum Gasteiger partial charge on any atom is 0.250 e. The Kier molecular flexibility index (Phi) is 3.33. The van der Waals surface area contributed by atoms with Crippen LogP contribution < -0.4 is 11.5 Å². The Morgan fingerprint density at radius 3 is 2.33 bits per heavy atom. The lowest BCUT2D eigenvalue weighted by molar-refractivity contribution is 0.100. The van der Waals surface area contributed by atoms with Crippen molar-refractivity contribution >= 4 is 11.6 Å². The zero-order valence-electron chi connectivity index (χ0n) is 10.3. The third-order valence-corrected chi connectivity index (χ3v) is 3.17. The lowest BCUT2D eigenvalue weighted by Gasteiger charge is -2.16. The number of hydrogen-bond acceptors (Lipinski definition) is 2. The summed E-state index contributed by atoms with van der Waals surface area (Å²) in [5.41, 5.74) is 14.3. The third-order valence-electron chi connectivity index (χ3n) is 3.17. The predicted octanol–water partition coefficient (Wildman–Crippen LogP) is 2.52. The standard InChI is InChI=1S/C15H16N2O/c1-10(11-6-3-2-4-7-11)12-8-5-9-13(14(12)16)15(17)18/h2-10H,16H2,1H3,(H2,17,18). The van der Waals surface area contributed by atoms with Gasteiger partial charge in [-0.1, -0.05) is 49.4 Å². The summed E-state index contributed by atoms with van der Waals surface area (Å²) in [7, 11) is 0. The molecule has 0 aromatic heterocycles. The summed E-state index contributed by atoms with van der Waals surface area (Å²) >= 11 is 0. The molecule has 1 atom stereocenters. The molecule has 0 aliphatic carbocycles. The topological polar surface area (TPSA) is 69.1 Å². The van der Waals surface area contributed by atoms with Gasteiger partial charge in [0, 0.05) is 11.6 Å². The van der Waals surface area contributed by atoms with Crippen molar-refractivity contribution in [3.8, 4) is 0 Å². The van der Waals surface area contributed by atoms with E-state index in [2.05, 4.69) is 6.92 Å². The van der Waals surface area contributed by atoms with Gasteiger partial charge in [0.25, 0.3) is 5.91 Å². The van der Waals surface area contributed by atoms with Gasteiger partial charge in [-0.2, -0.15) is 0 Å². The first-order valence-corrected chi connectivity index (χ1v) is 5.84. The van der Waals surface area contributed by atoms with Crippen LogP contribution in [0.15, 0.2) is 48.5 Å². The van der Waals surface area contributed by atoms with Crippen LogP contribution in [0.25, 0.3) is 0 Å². The fraction of sp³-hybridized carbons (Fsp3) is 0.133. The molecule has 0 spiro atoms. The molecular formula is C15H16N2O. The number of nitrogens with two attached hydrogens (primary N) is 2. The number of carbonyl (C=O) groups is 1. The van der Waals surface area contributed by atoms with Crippen molar-refractivity contribution in [1.29, 1.82) is 0 Å². The van der Waals surface area contributed by atoms with E-state index in [0.29, 0.717) is 11.3 Å². The maximum atomic E-state index is 11.3. The van der Waals surface area contributed by atoms with Crippen molar-refractivity contribution in [2.75, 3.05) is 5.73 Å². The molecule has 2 aromatic carbocycles. The number of carbonyl (C=O) groups excluding carboxylic acids is 1. The van der Waals surface area contributed by atoms with Gasteiger partial charge in [-0.25, -0.2) is 0 Å². The number of primary amides is 1. The molecule has 2 aromatic rings. The Balaban J connectivity index is 2.46. The van der Waals surface area contributed by atoms with E-state index in [1.54, 1.807) is 6.07 Å². The van der Waals surface area contributed by atoms with Crippen molar-refractivity contribution < 1.29 is 4.79 Å². The van der Waals surface area contributed by atoms with Gasteiger partial charge in [-0.05, 0) is 17.2 Å². The van der Waals surface area contributed by atoms with E-state index in [1.807, 2.05) is 42.5 Å². The van der Waals surface area contributed by atoms with Gasteiger partial charge in [0.2, 0.25) is 0 Å². The molecule has 4 N–H and O–H groups in total. The van der Waals surface area contributed by atoms with Gasteiger partial charge >= 0.3 is 0 Å². The molecule has 3 heteroatoms. The second-order valence-electron chi connectivity index (χ2n) is 4.31. The first-order chi connectivity index (χ1) is 8.61. The molecule has 0 aliphatic heterocycles. The second-order valence-corrected chi connectivity index (χ2v) is 4.31. The van der Waals surface area contributed by atoms with E-state index in [0.717, 1.165) is 11.1 Å². The van der Waals surface area contributed by atoms with Gasteiger partial charge in [-0.15, -0.1) is 0 Å². The predicted molar refractivity (Wildman–Crippen MR) is 73.3 cm³/mol. The zero-order valence-corrected chi connectivity index (χ0v) is 10.3. The summed E-state index contributed by atoms with van der Waals surface area (Å²) in [6, 6.07) is 15.4. The summed E-state index contributed by atoms with van der Waals surface area (Å²) < 4.78 is 0. The summed E-state index contributed by atoms with van der Waals surface area (Å²) in [5.74, 6) is -0.361. The Hall–Kier alpha value is -2.29. The van der Waals surface area contributed by atoms with Crippen LogP contribution in [0.1, 0.15) is 34.3 Å². The normalized spacial score (nSPS) is 12.1. The van der Waals surface area contributed by atoms with Gasteiger partial charge in [0.1, 0.15) is 0 Å². The Labute approximate surface area is 106 Å². The Bertz CT molecular complexity index is 564. The van der Waals surface area contributed by atoms with Gasteiger partial charge in [0.05, 0.1) is 5.56 Å². The molecule has 0 saturated carbocycles. The van der Waals surface area contributed by atoms with Crippen molar-refractivity contribution in [2.24, 2.45) is 5.73 Å². The number of amides is 1. The van der Waals surface area contributed by atoms with Crippen LogP contribution in [-0.4, -0.2) is 5.91 Å². The highest BCUT2D eigenvalue weighted by molar-refractivity contribution is 5.98. The van der Waals surface area contributed by atoms with Crippen LogP contribution in [-0.2, 0) is 0 Å². The number of rotatable bonds is 3. The Morgan fingerprint density at radius 2 is 1.72 bits per heavy atom. The van der Waals surface area contributed by atoms with Gasteiger partial charge in [0.15, 0.2) is 0 Å². The van der Waals surface area contributed by atoms with Gasteiger partial charge in [-0.3, -0.25) is 4.79 Å². The van der Waals surface area contributed by atoms with Crippen LogP contribution >= 0.6 is 0 Å². The molecule has 0 fully saturated rings. The summed E-state index contributed by atoms with van der Waals surface area (Å²) in [5, 5.41) is 0. The van der Waals surface area contributed by atoms with Crippen LogP contribution in [0.4, 0.5) is 5.69 Å². The molecular weight excluding hydrogens is 224 g/mol. The average Bonchev–Trinajstić information content (AvgIpc) is 2.39. The quantitative estimate of drug-likeness (QED) is 0.809. The molecule has 0 bridgehead atoms. The summed E-state index contributed by atoms with van der Waals surface area (Å²) in [6.07, 6.45) is 0. The molecule has 92 valence electrons. The monoisotopic (exact) mass is 240 g/mol. The van der Waals surface area contributed by atoms with Crippen LogP contribution in [0.3, 0.4) is 0 Å². The molecule has 18 heavy (non-hydrogen) atoms. The molecule has 1 amide bonds. The summed E-state index contributed by atoms with van der Waals surface area (Å²) in [4.78, 5) is 11.3. The molecule has 0 radical (unpaired) electrons. The van der Waals surface area contributed by atoms with E-state index in [1.165, 1.54) is 0 Å². The minimum atomic E-state index is -0.491. The molecule has 0 heterocycles. The lowest BCUT2D eigenvalue weighted by Crippen LogP contribution is -2.15. The summed E-state index contributed by atoms with van der Waals surface area (Å²) in [6.45, 7) is 2.06. The van der Waals surface area contributed by atoms with E-state index >= 15 is 0 Å². The first-order valence-electron chi connectivity index (χ1n) is 5.84. The molecule has 0 aliphatic rings. The molecule has 1 unspecified atom stereocenters. The fourth-order valence-corrected chi connectivity index (χ4v) is 2.10. The van der Waals surface area contributed by atoms with E-state index in [-0.39, 0.29) is 5.92 Å². The number of hydrogen-bond donors (Lipinski definition) is 2. The van der Waals surface area contributed by atoms with E-state index < -0.39 is 5.91 Å². The van der Waals surface area contributed by atoms with Crippen molar-refractivity contribution in [3.63, 3.8) is 0 Å². The SMILES string of the molecule is CC(c1ccccc1)c1cccc(C(N)=O)c1N. The number of benzene rings is 2.